The Balaban J connectivity index is 2.01. The summed E-state index contributed by atoms with van der Waals surface area (Å²) in [6.07, 6.45) is 4.34. The van der Waals surface area contributed by atoms with Crippen LogP contribution in [-0.4, -0.2) is 48.6 Å². The van der Waals surface area contributed by atoms with E-state index in [9.17, 15) is 9.90 Å². The number of carbonyl (C=O) groups excluding carboxylic acids is 1. The predicted octanol–water partition coefficient (Wildman–Crippen LogP) is 5.51. The van der Waals surface area contributed by atoms with Crippen LogP contribution in [0.15, 0.2) is 52.8 Å². The molecule has 1 aliphatic rings. The molecule has 2 atom stereocenters. The van der Waals surface area contributed by atoms with Gasteiger partial charge >= 0.3 is 0 Å². The molecule has 0 aromatic heterocycles. The summed E-state index contributed by atoms with van der Waals surface area (Å²) in [5.74, 6) is 4.42. The number of halogens is 1. The molecule has 0 bridgehead atoms. The van der Waals surface area contributed by atoms with E-state index in [2.05, 4.69) is 29.4 Å². The number of carbonyl (C=O) groups is 1. The number of nitrogens with two attached hydrogens (primary N) is 1. The van der Waals surface area contributed by atoms with Crippen molar-refractivity contribution in [2.45, 2.75) is 57.5 Å². The summed E-state index contributed by atoms with van der Waals surface area (Å²) in [6.45, 7) is 3.68. The lowest BCUT2D eigenvalue weighted by Crippen LogP contribution is -2.48. The number of unbranched alkanes of at least 4 members (excludes halogenated alkanes) is 1. The standard InChI is InChI=1S/C28H38ClN5O3/c1-3-20-9-6-10-21(17-20)27-23(12-7-13-24(27)29)28(36,14-4-5-16-37-2)22-11-8-15-34(19-22)26(35)18-25(30)32-33-31/h6-7,9-10,12-13,17,22,36H,3-5,8,11,14-16,18-19H2,1-2H3,(H3,30,31,32)/t22-,28+/m1/s1. The number of aryl methyl sites for hydroxylation is 1. The van der Waals surface area contributed by atoms with Crippen molar-refractivity contribution in [2.75, 3.05) is 26.8 Å². The van der Waals surface area contributed by atoms with Crippen LogP contribution >= 0.6 is 11.6 Å². The van der Waals surface area contributed by atoms with E-state index in [1.54, 1.807) is 12.0 Å². The average molecular weight is 528 g/mol. The van der Waals surface area contributed by atoms with Crippen LogP contribution in [0.4, 0.5) is 0 Å². The minimum atomic E-state index is -1.21. The van der Waals surface area contributed by atoms with Crippen LogP contribution in [0.25, 0.3) is 11.1 Å². The molecular formula is C28H38ClN5O3. The van der Waals surface area contributed by atoms with Gasteiger partial charge in [0.1, 0.15) is 0 Å². The predicted molar refractivity (Wildman–Crippen MR) is 147 cm³/mol. The van der Waals surface area contributed by atoms with Gasteiger partial charge < -0.3 is 20.6 Å². The Morgan fingerprint density at radius 1 is 1.30 bits per heavy atom. The van der Waals surface area contributed by atoms with Gasteiger partial charge in [-0.15, -0.1) is 5.11 Å². The Bertz CT molecular complexity index is 1110. The number of nitrogens with zero attached hydrogens (tertiary/aromatic N) is 3. The number of likely N-dealkylation sites (tertiary alicyclic amines) is 1. The third-order valence-corrected chi connectivity index (χ3v) is 7.52. The second-order valence-electron chi connectivity index (χ2n) is 9.61. The number of hydrogen-bond donors (Lipinski definition) is 3. The van der Waals surface area contributed by atoms with Gasteiger partial charge in [-0.3, -0.25) is 10.2 Å². The summed E-state index contributed by atoms with van der Waals surface area (Å²) >= 11 is 6.81. The maximum absolute atomic E-state index is 12.9. The Hall–Kier alpha value is -2.81. The highest BCUT2D eigenvalue weighted by molar-refractivity contribution is 6.33. The van der Waals surface area contributed by atoms with Gasteiger partial charge in [-0.2, -0.15) is 0 Å². The van der Waals surface area contributed by atoms with Crippen molar-refractivity contribution in [3.63, 3.8) is 0 Å². The number of methoxy groups -OCH3 is 1. The first kappa shape index (κ1) is 28.8. The number of aliphatic hydroxyl groups is 1. The van der Waals surface area contributed by atoms with Crippen molar-refractivity contribution in [2.24, 2.45) is 22.1 Å². The lowest BCUT2D eigenvalue weighted by atomic mass is 9.72. The SMILES string of the molecule is CCc1cccc(-c2c(Cl)cccc2[C@](O)(CCCCOC)[C@@H]2CCCN(C(=O)CC(=N)N=NN)C2)c1. The summed E-state index contributed by atoms with van der Waals surface area (Å²) in [5.41, 5.74) is 2.58. The first-order valence-electron chi connectivity index (χ1n) is 12.9. The normalized spacial score (nSPS) is 17.6. The van der Waals surface area contributed by atoms with Gasteiger partial charge in [0.2, 0.25) is 5.91 Å². The number of rotatable bonds is 11. The fourth-order valence-corrected chi connectivity index (χ4v) is 5.56. The largest absolute Gasteiger partial charge is 0.385 e. The molecule has 0 unspecified atom stereocenters. The molecule has 0 spiro atoms. The van der Waals surface area contributed by atoms with E-state index in [1.165, 1.54) is 5.56 Å². The molecule has 1 saturated heterocycles. The van der Waals surface area contributed by atoms with Crippen LogP contribution in [0.5, 0.6) is 0 Å². The Morgan fingerprint density at radius 3 is 2.81 bits per heavy atom. The number of amidine groups is 1. The smallest absolute Gasteiger partial charge is 0.230 e. The Kier molecular flexibility index (Phi) is 10.6. The van der Waals surface area contributed by atoms with Crippen LogP contribution < -0.4 is 5.84 Å². The monoisotopic (exact) mass is 527 g/mol. The summed E-state index contributed by atoms with van der Waals surface area (Å²) < 4.78 is 5.25. The minimum Gasteiger partial charge on any atom is -0.385 e. The van der Waals surface area contributed by atoms with E-state index in [4.69, 9.17) is 27.6 Å². The average Bonchev–Trinajstić information content (AvgIpc) is 2.91. The van der Waals surface area contributed by atoms with E-state index < -0.39 is 5.60 Å². The van der Waals surface area contributed by atoms with Crippen molar-refractivity contribution < 1.29 is 14.6 Å². The van der Waals surface area contributed by atoms with Crippen LogP contribution in [0.1, 0.15) is 56.6 Å². The van der Waals surface area contributed by atoms with Crippen LogP contribution in [0.2, 0.25) is 5.02 Å². The quantitative estimate of drug-likeness (QED) is 0.0890. The number of amides is 1. The Labute approximate surface area is 224 Å². The number of ether oxygens (including phenoxy) is 1. The topological polar surface area (TPSA) is 124 Å². The molecule has 2 aromatic carbocycles. The maximum atomic E-state index is 12.9. The molecule has 0 aliphatic carbocycles. The number of hydrogen-bond acceptors (Lipinski definition) is 5. The van der Waals surface area contributed by atoms with Gasteiger partial charge in [0.15, 0.2) is 5.84 Å². The van der Waals surface area contributed by atoms with E-state index in [0.717, 1.165) is 48.8 Å². The summed E-state index contributed by atoms with van der Waals surface area (Å²) in [6, 6.07) is 14.0. The number of piperidine rings is 1. The molecule has 4 N–H and O–H groups in total. The van der Waals surface area contributed by atoms with Crippen molar-refractivity contribution in [3.05, 3.63) is 58.6 Å². The zero-order valence-electron chi connectivity index (χ0n) is 21.8. The minimum absolute atomic E-state index is 0.175. The van der Waals surface area contributed by atoms with Gasteiger partial charge in [0, 0.05) is 43.3 Å². The zero-order valence-corrected chi connectivity index (χ0v) is 22.5. The van der Waals surface area contributed by atoms with Gasteiger partial charge in [0.25, 0.3) is 0 Å². The molecule has 2 aromatic rings. The van der Waals surface area contributed by atoms with Crippen molar-refractivity contribution in [1.29, 1.82) is 5.41 Å². The molecule has 37 heavy (non-hydrogen) atoms. The van der Waals surface area contributed by atoms with E-state index in [-0.39, 0.29) is 24.1 Å². The highest BCUT2D eigenvalue weighted by Gasteiger charge is 2.42. The van der Waals surface area contributed by atoms with Crippen LogP contribution in [0, 0.1) is 11.3 Å². The molecule has 1 aliphatic heterocycles. The Morgan fingerprint density at radius 2 is 2.08 bits per heavy atom. The third-order valence-electron chi connectivity index (χ3n) is 7.21. The lowest BCUT2D eigenvalue weighted by molar-refractivity contribution is -0.135. The number of nitrogens with one attached hydrogen (secondary N) is 1. The second-order valence-corrected chi connectivity index (χ2v) is 10.0. The van der Waals surface area contributed by atoms with Crippen molar-refractivity contribution in [3.8, 4) is 11.1 Å². The van der Waals surface area contributed by atoms with Gasteiger partial charge in [-0.05, 0) is 61.3 Å². The van der Waals surface area contributed by atoms with Gasteiger partial charge in [0.05, 0.1) is 12.0 Å². The van der Waals surface area contributed by atoms with Gasteiger partial charge in [-0.1, -0.05) is 60.1 Å². The first-order valence-corrected chi connectivity index (χ1v) is 13.3. The molecule has 200 valence electrons. The molecule has 0 saturated carbocycles. The highest BCUT2D eigenvalue weighted by atomic mass is 35.5. The first-order chi connectivity index (χ1) is 17.8. The third kappa shape index (κ3) is 7.15. The molecule has 0 radical (unpaired) electrons. The highest BCUT2D eigenvalue weighted by Crippen LogP contribution is 2.46. The zero-order chi connectivity index (χ0) is 26.8. The molecule has 9 heteroatoms. The van der Waals surface area contributed by atoms with E-state index in [0.29, 0.717) is 31.1 Å². The van der Waals surface area contributed by atoms with E-state index in [1.807, 2.05) is 30.3 Å². The van der Waals surface area contributed by atoms with Crippen LogP contribution in [0.3, 0.4) is 0 Å². The lowest BCUT2D eigenvalue weighted by Gasteiger charge is -2.44. The molecule has 8 nitrogen and oxygen atoms in total. The van der Waals surface area contributed by atoms with Crippen molar-refractivity contribution >= 4 is 23.3 Å². The second kappa shape index (κ2) is 13.7. The van der Waals surface area contributed by atoms with Crippen molar-refractivity contribution in [1.82, 2.24) is 4.90 Å². The van der Waals surface area contributed by atoms with Crippen LogP contribution in [-0.2, 0) is 21.6 Å². The number of benzene rings is 2. The fourth-order valence-electron chi connectivity index (χ4n) is 5.28. The summed E-state index contributed by atoms with van der Waals surface area (Å²) in [5, 5.41) is 27.5. The molecule has 1 fully saturated rings. The molecular weight excluding hydrogens is 490 g/mol. The maximum Gasteiger partial charge on any atom is 0.230 e. The molecule has 1 heterocycles. The van der Waals surface area contributed by atoms with E-state index >= 15 is 0 Å². The molecule has 3 rings (SSSR count). The fraction of sp³-hybridized carbons (Fsp3) is 0.500. The van der Waals surface area contributed by atoms with Gasteiger partial charge in [-0.25, -0.2) is 0 Å². The summed E-state index contributed by atoms with van der Waals surface area (Å²) in [4.78, 5) is 14.6. The summed E-state index contributed by atoms with van der Waals surface area (Å²) in [7, 11) is 1.68. The molecule has 1 amide bonds.